The molecule has 10 heteroatoms. The molecule has 37 heavy (non-hydrogen) atoms. The Balaban J connectivity index is 1.27. The van der Waals surface area contributed by atoms with Crippen molar-refractivity contribution in [3.8, 4) is 11.5 Å². The maximum Gasteiger partial charge on any atom is 0.243 e. The standard InChI is InChI=1S/C27H29N7O2S/c1-20-4-3-5-25(30-20)27-29-13-11-23(32-27)19-22-10-12-28-26(31-22)18-21-6-8-24(9-7-21)37(35,36)34-16-14-33(2)15-17-34/h3-13H,14-19H2,1-2H3. The fourth-order valence-corrected chi connectivity index (χ4v) is 5.66. The molecular formula is C27H29N7O2S. The summed E-state index contributed by atoms with van der Waals surface area (Å²) in [6, 6.07) is 16.6. The van der Waals surface area contributed by atoms with Crippen LogP contribution in [0, 0.1) is 6.92 Å². The third kappa shape index (κ3) is 6.04. The van der Waals surface area contributed by atoms with Gasteiger partial charge in [0.15, 0.2) is 5.82 Å². The molecule has 0 N–H and O–H groups in total. The number of piperazine rings is 1. The molecule has 4 aromatic rings. The monoisotopic (exact) mass is 515 g/mol. The summed E-state index contributed by atoms with van der Waals surface area (Å²) < 4.78 is 27.5. The van der Waals surface area contributed by atoms with Crippen molar-refractivity contribution < 1.29 is 8.42 Å². The molecule has 1 aromatic carbocycles. The van der Waals surface area contributed by atoms with E-state index < -0.39 is 10.0 Å². The molecule has 5 rings (SSSR count). The number of hydrogen-bond acceptors (Lipinski definition) is 8. The molecule has 9 nitrogen and oxygen atoms in total. The van der Waals surface area contributed by atoms with Crippen LogP contribution in [0.4, 0.5) is 0 Å². The predicted molar refractivity (Wildman–Crippen MR) is 140 cm³/mol. The highest BCUT2D eigenvalue weighted by atomic mass is 32.2. The highest BCUT2D eigenvalue weighted by Gasteiger charge is 2.27. The van der Waals surface area contributed by atoms with Gasteiger partial charge in [-0.2, -0.15) is 4.31 Å². The number of aromatic nitrogens is 5. The predicted octanol–water partition coefficient (Wildman–Crippen LogP) is 2.75. The molecule has 3 aromatic heterocycles. The maximum atomic E-state index is 13.0. The topological polar surface area (TPSA) is 105 Å². The lowest BCUT2D eigenvalue weighted by atomic mass is 10.1. The minimum absolute atomic E-state index is 0.318. The fourth-order valence-electron chi connectivity index (χ4n) is 4.24. The van der Waals surface area contributed by atoms with Gasteiger partial charge in [-0.15, -0.1) is 0 Å². The van der Waals surface area contributed by atoms with Crippen LogP contribution in [-0.4, -0.2) is 75.8 Å². The van der Waals surface area contributed by atoms with Gasteiger partial charge in [-0.05, 0) is 55.9 Å². The van der Waals surface area contributed by atoms with Crippen LogP contribution < -0.4 is 0 Å². The zero-order valence-electron chi connectivity index (χ0n) is 20.9. The molecule has 0 unspecified atom stereocenters. The van der Waals surface area contributed by atoms with Crippen LogP contribution in [0.5, 0.6) is 0 Å². The van der Waals surface area contributed by atoms with Crippen LogP contribution in [0.1, 0.15) is 28.5 Å². The Bertz CT molecular complexity index is 1480. The molecule has 0 atom stereocenters. The number of pyridine rings is 1. The molecule has 190 valence electrons. The Morgan fingerprint density at radius 1 is 0.784 bits per heavy atom. The number of aryl methyl sites for hydroxylation is 1. The minimum atomic E-state index is -3.48. The molecule has 1 fully saturated rings. The molecule has 0 aliphatic carbocycles. The molecule has 0 amide bonds. The van der Waals surface area contributed by atoms with Gasteiger partial charge in [0, 0.05) is 57.1 Å². The first-order valence-electron chi connectivity index (χ1n) is 12.2. The second kappa shape index (κ2) is 10.8. The van der Waals surface area contributed by atoms with Crippen molar-refractivity contribution in [2.75, 3.05) is 33.2 Å². The van der Waals surface area contributed by atoms with E-state index in [4.69, 9.17) is 4.98 Å². The highest BCUT2D eigenvalue weighted by molar-refractivity contribution is 7.89. The second-order valence-corrected chi connectivity index (χ2v) is 11.1. The molecule has 0 bridgehead atoms. The first-order valence-corrected chi connectivity index (χ1v) is 13.7. The Hall–Kier alpha value is -3.60. The molecule has 1 saturated heterocycles. The van der Waals surface area contributed by atoms with E-state index in [1.807, 2.05) is 56.4 Å². The summed E-state index contributed by atoms with van der Waals surface area (Å²) in [5.41, 5.74) is 4.29. The van der Waals surface area contributed by atoms with E-state index in [9.17, 15) is 8.42 Å². The van der Waals surface area contributed by atoms with Gasteiger partial charge < -0.3 is 4.90 Å². The van der Waals surface area contributed by atoms with E-state index in [2.05, 4.69) is 24.8 Å². The Kier molecular flexibility index (Phi) is 7.31. The second-order valence-electron chi connectivity index (χ2n) is 9.20. The Morgan fingerprint density at radius 3 is 2.22 bits per heavy atom. The zero-order chi connectivity index (χ0) is 25.8. The summed E-state index contributed by atoms with van der Waals surface area (Å²) in [6.07, 6.45) is 4.53. The number of hydrogen-bond donors (Lipinski definition) is 0. The third-order valence-electron chi connectivity index (χ3n) is 6.34. The van der Waals surface area contributed by atoms with Gasteiger partial charge in [-0.3, -0.25) is 0 Å². The van der Waals surface area contributed by atoms with Crippen LogP contribution >= 0.6 is 0 Å². The quantitative estimate of drug-likeness (QED) is 0.370. The first-order chi connectivity index (χ1) is 17.9. The van der Waals surface area contributed by atoms with Crippen molar-refractivity contribution in [2.45, 2.75) is 24.7 Å². The van der Waals surface area contributed by atoms with Gasteiger partial charge in [0.1, 0.15) is 11.5 Å². The Morgan fingerprint density at radius 2 is 1.49 bits per heavy atom. The van der Waals surface area contributed by atoms with Crippen molar-refractivity contribution in [3.63, 3.8) is 0 Å². The van der Waals surface area contributed by atoms with E-state index in [1.54, 1.807) is 28.8 Å². The first kappa shape index (κ1) is 25.1. The average Bonchev–Trinajstić information content (AvgIpc) is 2.90. The van der Waals surface area contributed by atoms with Gasteiger partial charge in [0.25, 0.3) is 0 Å². The van der Waals surface area contributed by atoms with E-state index in [-0.39, 0.29) is 0 Å². The van der Waals surface area contributed by atoms with Gasteiger partial charge in [0.2, 0.25) is 10.0 Å². The number of benzene rings is 1. The van der Waals surface area contributed by atoms with Crippen molar-refractivity contribution in [3.05, 3.63) is 95.5 Å². The van der Waals surface area contributed by atoms with Crippen molar-refractivity contribution in [1.29, 1.82) is 0 Å². The number of rotatable bonds is 7. The molecule has 4 heterocycles. The summed E-state index contributed by atoms with van der Waals surface area (Å²) in [4.78, 5) is 25.1. The number of likely N-dealkylation sites (N-methyl/N-ethyl adjacent to an activating group) is 1. The fraction of sp³-hybridized carbons (Fsp3) is 0.296. The lowest BCUT2D eigenvalue weighted by Crippen LogP contribution is -2.46. The smallest absolute Gasteiger partial charge is 0.243 e. The van der Waals surface area contributed by atoms with Gasteiger partial charge in [-0.1, -0.05) is 18.2 Å². The van der Waals surface area contributed by atoms with Crippen molar-refractivity contribution in [1.82, 2.24) is 34.1 Å². The maximum absolute atomic E-state index is 13.0. The molecule has 1 aliphatic heterocycles. The van der Waals surface area contributed by atoms with E-state index in [0.717, 1.165) is 41.4 Å². The van der Waals surface area contributed by atoms with Crippen molar-refractivity contribution >= 4 is 10.0 Å². The summed E-state index contributed by atoms with van der Waals surface area (Å²) in [5, 5.41) is 0. The Labute approximate surface area is 217 Å². The van der Waals surface area contributed by atoms with Gasteiger partial charge in [-0.25, -0.2) is 33.3 Å². The SMILES string of the molecule is Cc1cccc(-c2nccc(Cc3ccnc(Cc4ccc(S(=O)(=O)N5CCN(C)CC5)cc4)n3)n2)n1. The largest absolute Gasteiger partial charge is 0.304 e. The number of nitrogens with zero attached hydrogens (tertiary/aromatic N) is 7. The van der Waals surface area contributed by atoms with Crippen LogP contribution in [0.25, 0.3) is 11.5 Å². The molecular weight excluding hydrogens is 486 g/mol. The minimum Gasteiger partial charge on any atom is -0.304 e. The molecule has 1 aliphatic rings. The zero-order valence-corrected chi connectivity index (χ0v) is 21.8. The lowest BCUT2D eigenvalue weighted by Gasteiger charge is -2.31. The normalized spacial score (nSPS) is 15.1. The summed E-state index contributed by atoms with van der Waals surface area (Å²) >= 11 is 0. The molecule has 0 radical (unpaired) electrons. The van der Waals surface area contributed by atoms with Gasteiger partial charge in [0.05, 0.1) is 16.3 Å². The summed E-state index contributed by atoms with van der Waals surface area (Å²) in [5.74, 6) is 1.25. The van der Waals surface area contributed by atoms with Crippen LogP contribution in [0.3, 0.4) is 0 Å². The molecule has 0 saturated carbocycles. The highest BCUT2D eigenvalue weighted by Crippen LogP contribution is 2.19. The number of sulfonamides is 1. The van der Waals surface area contributed by atoms with Gasteiger partial charge >= 0.3 is 0 Å². The summed E-state index contributed by atoms with van der Waals surface area (Å²) in [6.45, 7) is 4.44. The van der Waals surface area contributed by atoms with E-state index in [0.29, 0.717) is 42.5 Å². The summed E-state index contributed by atoms with van der Waals surface area (Å²) in [7, 11) is -1.48. The van der Waals surface area contributed by atoms with E-state index in [1.165, 1.54) is 0 Å². The van der Waals surface area contributed by atoms with E-state index >= 15 is 0 Å². The third-order valence-corrected chi connectivity index (χ3v) is 8.25. The lowest BCUT2D eigenvalue weighted by molar-refractivity contribution is 0.222. The van der Waals surface area contributed by atoms with Crippen LogP contribution in [-0.2, 0) is 22.9 Å². The van der Waals surface area contributed by atoms with Crippen LogP contribution in [0.2, 0.25) is 0 Å². The van der Waals surface area contributed by atoms with Crippen molar-refractivity contribution in [2.24, 2.45) is 0 Å². The average molecular weight is 516 g/mol. The molecule has 0 spiro atoms. The van der Waals surface area contributed by atoms with Crippen LogP contribution in [0.15, 0.2) is 71.9 Å².